The topological polar surface area (TPSA) is 46.2 Å². The van der Waals surface area contributed by atoms with Gasteiger partial charge in [-0.15, -0.1) is 0 Å². The predicted molar refractivity (Wildman–Crippen MR) is 114 cm³/mol. The molecule has 0 aliphatic heterocycles. The molecule has 3 rings (SSSR count). The Labute approximate surface area is 163 Å². The molecule has 0 heterocycles. The third-order valence-corrected chi connectivity index (χ3v) is 10.4. The summed E-state index contributed by atoms with van der Waals surface area (Å²) in [5.41, 5.74) is 1.76. The molecule has 3 aromatic rings. The Morgan fingerprint density at radius 3 is 1.85 bits per heavy atom. The van der Waals surface area contributed by atoms with Crippen LogP contribution in [0.3, 0.4) is 0 Å². The monoisotopic (exact) mass is 395 g/mol. The van der Waals surface area contributed by atoms with Crippen LogP contribution in [0.5, 0.6) is 0 Å². The summed E-state index contributed by atoms with van der Waals surface area (Å²) in [5.74, 6) is 0. The fourth-order valence-corrected chi connectivity index (χ4v) is 8.38. The van der Waals surface area contributed by atoms with E-state index in [1.54, 1.807) is 12.1 Å². The van der Waals surface area contributed by atoms with E-state index in [1.165, 1.54) is 5.19 Å². The summed E-state index contributed by atoms with van der Waals surface area (Å²) in [6.07, 6.45) is 0. The standard InChI is InChI=1S/C22H25NO2SSi/c1-18-14-16-20(17-15-18)26(24,25)23-22(19-10-6-4-7-11-19)27(2,3)21-12-8-5-9-13-21/h4-17,22-23H,1-3H3/t22-/m1/s1. The van der Waals surface area contributed by atoms with Crippen molar-refractivity contribution in [2.75, 3.05) is 0 Å². The van der Waals surface area contributed by atoms with Gasteiger partial charge in [0, 0.05) is 5.67 Å². The van der Waals surface area contributed by atoms with Crippen molar-refractivity contribution in [1.29, 1.82) is 0 Å². The first-order chi connectivity index (χ1) is 12.8. The highest BCUT2D eigenvalue weighted by Crippen LogP contribution is 2.27. The van der Waals surface area contributed by atoms with E-state index in [0.29, 0.717) is 4.90 Å². The van der Waals surface area contributed by atoms with Crippen LogP contribution in [0.25, 0.3) is 0 Å². The van der Waals surface area contributed by atoms with Crippen molar-refractivity contribution in [3.05, 3.63) is 96.1 Å². The van der Waals surface area contributed by atoms with E-state index in [2.05, 4.69) is 29.9 Å². The van der Waals surface area contributed by atoms with Crippen LogP contribution in [0.1, 0.15) is 16.8 Å². The number of nitrogens with one attached hydrogen (secondary N) is 1. The van der Waals surface area contributed by atoms with Gasteiger partial charge in [0.1, 0.15) is 8.07 Å². The Kier molecular flexibility index (Phi) is 5.65. The van der Waals surface area contributed by atoms with Crippen molar-refractivity contribution in [2.45, 2.75) is 30.6 Å². The third kappa shape index (κ3) is 4.38. The Morgan fingerprint density at radius 2 is 1.30 bits per heavy atom. The second-order valence-corrected chi connectivity index (χ2v) is 13.7. The van der Waals surface area contributed by atoms with Crippen molar-refractivity contribution in [1.82, 2.24) is 4.72 Å². The van der Waals surface area contributed by atoms with Crippen LogP contribution in [0.2, 0.25) is 13.1 Å². The average Bonchev–Trinajstić information content (AvgIpc) is 2.68. The number of rotatable bonds is 6. The van der Waals surface area contributed by atoms with Crippen molar-refractivity contribution in [3.63, 3.8) is 0 Å². The summed E-state index contributed by atoms with van der Waals surface area (Å²) in [6.45, 7) is 6.36. The largest absolute Gasteiger partial charge is 0.240 e. The van der Waals surface area contributed by atoms with Gasteiger partial charge < -0.3 is 0 Å². The van der Waals surface area contributed by atoms with Crippen LogP contribution in [-0.4, -0.2) is 16.5 Å². The average molecular weight is 396 g/mol. The quantitative estimate of drug-likeness (QED) is 0.637. The minimum atomic E-state index is -3.63. The minimum absolute atomic E-state index is 0.271. The first-order valence-electron chi connectivity index (χ1n) is 9.00. The Hall–Kier alpha value is -2.21. The van der Waals surface area contributed by atoms with Gasteiger partial charge in [0.25, 0.3) is 0 Å². The van der Waals surface area contributed by atoms with Crippen molar-refractivity contribution in [2.24, 2.45) is 0 Å². The van der Waals surface area contributed by atoms with Crippen LogP contribution in [0.15, 0.2) is 89.8 Å². The molecular weight excluding hydrogens is 370 g/mol. The molecule has 0 saturated heterocycles. The first kappa shape index (κ1) is 19.5. The maximum absolute atomic E-state index is 13.1. The van der Waals surface area contributed by atoms with Gasteiger partial charge in [-0.1, -0.05) is 96.6 Å². The molecule has 1 atom stereocenters. The number of benzene rings is 3. The summed E-state index contributed by atoms with van der Waals surface area (Å²) >= 11 is 0. The number of sulfonamides is 1. The van der Waals surface area contributed by atoms with E-state index in [9.17, 15) is 8.42 Å². The van der Waals surface area contributed by atoms with Gasteiger partial charge in [0.15, 0.2) is 0 Å². The molecular formula is C22H25NO2SSi. The molecule has 5 heteroatoms. The molecule has 0 amide bonds. The van der Waals surface area contributed by atoms with Crippen LogP contribution >= 0.6 is 0 Å². The molecule has 0 fully saturated rings. The lowest BCUT2D eigenvalue weighted by Crippen LogP contribution is -2.54. The highest BCUT2D eigenvalue weighted by atomic mass is 32.2. The lowest BCUT2D eigenvalue weighted by atomic mass is 10.2. The molecule has 1 N–H and O–H groups in total. The fourth-order valence-electron chi connectivity index (χ4n) is 3.25. The van der Waals surface area contributed by atoms with Gasteiger partial charge in [-0.05, 0) is 24.6 Å². The van der Waals surface area contributed by atoms with Crippen molar-refractivity contribution >= 4 is 23.3 Å². The van der Waals surface area contributed by atoms with Crippen LogP contribution < -0.4 is 9.91 Å². The van der Waals surface area contributed by atoms with Crippen LogP contribution in [-0.2, 0) is 10.0 Å². The van der Waals surface area contributed by atoms with E-state index in [-0.39, 0.29) is 5.67 Å². The molecule has 0 unspecified atom stereocenters. The number of aryl methyl sites for hydroxylation is 1. The van der Waals surface area contributed by atoms with Crippen LogP contribution in [0, 0.1) is 6.92 Å². The summed E-state index contributed by atoms with van der Waals surface area (Å²) in [6, 6.07) is 27.1. The second-order valence-electron chi connectivity index (χ2n) is 7.37. The van der Waals surface area contributed by atoms with Crippen molar-refractivity contribution in [3.8, 4) is 0 Å². The maximum Gasteiger partial charge on any atom is 0.240 e. The normalized spacial score (nSPS) is 13.3. The highest BCUT2D eigenvalue weighted by Gasteiger charge is 2.37. The van der Waals surface area contributed by atoms with Gasteiger partial charge in [-0.2, -0.15) is 0 Å². The molecule has 0 saturated carbocycles. The summed E-state index contributed by atoms with van der Waals surface area (Å²) < 4.78 is 29.3. The summed E-state index contributed by atoms with van der Waals surface area (Å²) in [4.78, 5) is 0.298. The van der Waals surface area contributed by atoms with E-state index in [4.69, 9.17) is 0 Å². The fraction of sp³-hybridized carbons (Fsp3) is 0.182. The zero-order valence-corrected chi connectivity index (χ0v) is 17.7. The molecule has 0 aromatic heterocycles. The van der Waals surface area contributed by atoms with Gasteiger partial charge in [0.05, 0.1) is 4.90 Å². The lowest BCUT2D eigenvalue weighted by Gasteiger charge is -2.34. The molecule has 0 radical (unpaired) electrons. The molecule has 0 bridgehead atoms. The number of hydrogen-bond acceptors (Lipinski definition) is 2. The van der Waals surface area contributed by atoms with E-state index < -0.39 is 18.1 Å². The Bertz CT molecular complexity index is 986. The van der Waals surface area contributed by atoms with Gasteiger partial charge >= 0.3 is 0 Å². The molecule has 3 aromatic carbocycles. The molecule has 140 valence electrons. The number of hydrogen-bond donors (Lipinski definition) is 1. The van der Waals surface area contributed by atoms with Crippen molar-refractivity contribution < 1.29 is 8.42 Å². The SMILES string of the molecule is Cc1ccc(S(=O)(=O)N[C@@H](c2ccccc2)[Si](C)(C)c2ccccc2)cc1. The van der Waals surface area contributed by atoms with E-state index in [0.717, 1.165) is 11.1 Å². The zero-order valence-electron chi connectivity index (χ0n) is 15.9. The van der Waals surface area contributed by atoms with Crippen LogP contribution in [0.4, 0.5) is 0 Å². The molecule has 0 aliphatic carbocycles. The molecule has 0 aliphatic rings. The predicted octanol–water partition coefficient (Wildman–Crippen LogP) is 4.17. The Balaban J connectivity index is 2.05. The molecule has 0 spiro atoms. The first-order valence-corrected chi connectivity index (χ1v) is 13.6. The molecule has 27 heavy (non-hydrogen) atoms. The maximum atomic E-state index is 13.1. The van der Waals surface area contributed by atoms with E-state index in [1.807, 2.05) is 67.6 Å². The summed E-state index contributed by atoms with van der Waals surface area (Å²) in [5, 5.41) is 1.21. The van der Waals surface area contributed by atoms with Gasteiger partial charge in [-0.25, -0.2) is 13.1 Å². The Morgan fingerprint density at radius 1 is 0.778 bits per heavy atom. The van der Waals surface area contributed by atoms with E-state index >= 15 is 0 Å². The smallest absolute Gasteiger partial charge is 0.207 e. The second kappa shape index (κ2) is 7.80. The summed E-state index contributed by atoms with van der Waals surface area (Å²) in [7, 11) is -5.82. The minimum Gasteiger partial charge on any atom is -0.207 e. The third-order valence-electron chi connectivity index (χ3n) is 4.98. The van der Waals surface area contributed by atoms with Gasteiger partial charge in [0.2, 0.25) is 10.0 Å². The zero-order chi connectivity index (χ0) is 19.5. The lowest BCUT2D eigenvalue weighted by molar-refractivity contribution is 0.577. The highest BCUT2D eigenvalue weighted by molar-refractivity contribution is 7.89. The molecule has 3 nitrogen and oxygen atoms in total. The van der Waals surface area contributed by atoms with Gasteiger partial charge in [-0.3, -0.25) is 0 Å².